The number of likely N-dealkylation sites (N-methyl/N-ethyl adjacent to an activating group) is 1. The molecule has 2 bridgehead atoms. The number of phenolic OH excluding ortho intramolecular Hbond substituents is 1. The summed E-state index contributed by atoms with van der Waals surface area (Å²) < 4.78 is 12.0. The second-order valence-corrected chi connectivity index (χ2v) is 11.0. The number of piperidine rings is 1. The summed E-state index contributed by atoms with van der Waals surface area (Å²) in [6, 6.07) is 3.81. The van der Waals surface area contributed by atoms with E-state index in [0.717, 1.165) is 37.8 Å². The molecule has 6 N–H and O–H groups in total. The third kappa shape index (κ3) is 3.27. The van der Waals surface area contributed by atoms with E-state index in [1.165, 1.54) is 5.56 Å². The first-order chi connectivity index (χ1) is 16.8. The van der Waals surface area contributed by atoms with Crippen LogP contribution >= 0.6 is 0 Å². The Labute approximate surface area is 203 Å². The number of aromatic hydroxyl groups is 1. The molecule has 1 amide bonds. The van der Waals surface area contributed by atoms with Crippen molar-refractivity contribution in [3.63, 3.8) is 0 Å². The fraction of sp³-hybridized carbons (Fsp3) is 0.720. The van der Waals surface area contributed by atoms with Crippen LogP contribution in [0.2, 0.25) is 0 Å². The van der Waals surface area contributed by atoms with Gasteiger partial charge in [-0.1, -0.05) is 6.07 Å². The largest absolute Gasteiger partial charge is 0.504 e. The van der Waals surface area contributed by atoms with Crippen LogP contribution in [0.4, 0.5) is 0 Å². The van der Waals surface area contributed by atoms with Crippen molar-refractivity contribution in [2.45, 2.75) is 86.2 Å². The van der Waals surface area contributed by atoms with Crippen LogP contribution in [0.15, 0.2) is 12.1 Å². The molecule has 6 rings (SSSR count). The van der Waals surface area contributed by atoms with Crippen LogP contribution in [0.1, 0.15) is 36.8 Å². The second-order valence-electron chi connectivity index (χ2n) is 11.0. The van der Waals surface area contributed by atoms with Gasteiger partial charge in [-0.2, -0.15) is 0 Å². The minimum atomic E-state index is -1.51. The number of benzene rings is 1. The van der Waals surface area contributed by atoms with Crippen LogP contribution in [0.25, 0.3) is 0 Å². The van der Waals surface area contributed by atoms with Gasteiger partial charge in [0.15, 0.2) is 11.5 Å². The van der Waals surface area contributed by atoms with E-state index >= 15 is 0 Å². The van der Waals surface area contributed by atoms with Gasteiger partial charge in [-0.25, -0.2) is 0 Å². The summed E-state index contributed by atoms with van der Waals surface area (Å²) in [7, 11) is 2.17. The van der Waals surface area contributed by atoms with Gasteiger partial charge in [-0.05, 0) is 56.8 Å². The SMILES string of the molecule is CN1CCC23c4c5ccc(O)c4OC2C(NC(=O)CC2OC(CO)C(O)C(O)C2O)CCC3C1C5. The average molecular weight is 491 g/mol. The molecule has 10 nitrogen and oxygen atoms in total. The molecule has 1 saturated carbocycles. The summed E-state index contributed by atoms with van der Waals surface area (Å²) in [6.45, 7) is 0.381. The molecular weight excluding hydrogens is 456 g/mol. The predicted octanol–water partition coefficient (Wildman–Crippen LogP) is -1.22. The molecule has 3 fully saturated rings. The highest BCUT2D eigenvalue weighted by Gasteiger charge is 2.65. The molecule has 1 spiro atoms. The van der Waals surface area contributed by atoms with E-state index in [9.17, 15) is 30.3 Å². The monoisotopic (exact) mass is 490 g/mol. The summed E-state index contributed by atoms with van der Waals surface area (Å²) in [6.07, 6.45) is -3.59. The number of rotatable bonds is 4. The van der Waals surface area contributed by atoms with Crippen molar-refractivity contribution in [2.75, 3.05) is 20.2 Å². The number of likely N-dealkylation sites (tertiary alicyclic amines) is 1. The maximum atomic E-state index is 13.1. The molecule has 2 saturated heterocycles. The van der Waals surface area contributed by atoms with Gasteiger partial charge in [-0.15, -0.1) is 0 Å². The van der Waals surface area contributed by atoms with Crippen molar-refractivity contribution in [1.29, 1.82) is 0 Å². The highest BCUT2D eigenvalue weighted by atomic mass is 16.5. The van der Waals surface area contributed by atoms with Gasteiger partial charge in [0.2, 0.25) is 5.91 Å². The molecule has 3 heterocycles. The number of ether oxygens (including phenoxy) is 2. The lowest BCUT2D eigenvalue weighted by Gasteiger charge is -2.59. The zero-order valence-electron chi connectivity index (χ0n) is 19.7. The molecule has 0 aromatic heterocycles. The van der Waals surface area contributed by atoms with E-state index in [0.29, 0.717) is 17.7 Å². The third-order valence-corrected chi connectivity index (χ3v) is 9.32. The summed E-state index contributed by atoms with van der Waals surface area (Å²) in [5.74, 6) is 0.699. The second kappa shape index (κ2) is 8.29. The van der Waals surface area contributed by atoms with E-state index < -0.39 is 37.1 Å². The number of aliphatic hydroxyl groups is 4. The third-order valence-electron chi connectivity index (χ3n) is 9.32. The number of hydrogen-bond acceptors (Lipinski definition) is 9. The van der Waals surface area contributed by atoms with Gasteiger partial charge in [0, 0.05) is 17.0 Å². The minimum Gasteiger partial charge on any atom is -0.504 e. The van der Waals surface area contributed by atoms with Gasteiger partial charge < -0.3 is 45.2 Å². The normalized spacial score (nSPS) is 43.9. The van der Waals surface area contributed by atoms with Crippen LogP contribution < -0.4 is 10.1 Å². The quantitative estimate of drug-likeness (QED) is 0.305. The van der Waals surface area contributed by atoms with Crippen molar-refractivity contribution >= 4 is 5.91 Å². The summed E-state index contributed by atoms with van der Waals surface area (Å²) in [4.78, 5) is 15.5. The molecule has 3 aliphatic heterocycles. The number of amides is 1. The Kier molecular flexibility index (Phi) is 5.55. The van der Waals surface area contributed by atoms with E-state index in [1.807, 2.05) is 6.07 Å². The number of carbonyl (C=O) groups is 1. The van der Waals surface area contributed by atoms with Crippen molar-refractivity contribution in [3.8, 4) is 11.5 Å². The molecule has 0 radical (unpaired) electrons. The zero-order chi connectivity index (χ0) is 24.6. The summed E-state index contributed by atoms with van der Waals surface area (Å²) >= 11 is 0. The predicted molar refractivity (Wildman–Crippen MR) is 122 cm³/mol. The van der Waals surface area contributed by atoms with Crippen molar-refractivity contribution in [1.82, 2.24) is 10.2 Å². The average Bonchev–Trinajstić information content (AvgIpc) is 3.20. The van der Waals surface area contributed by atoms with Gasteiger partial charge in [0.05, 0.1) is 25.2 Å². The fourth-order valence-electron chi connectivity index (χ4n) is 7.68. The van der Waals surface area contributed by atoms with Crippen molar-refractivity contribution < 1.29 is 39.8 Å². The molecule has 35 heavy (non-hydrogen) atoms. The van der Waals surface area contributed by atoms with E-state index in [-0.39, 0.29) is 35.6 Å². The Balaban J connectivity index is 1.25. The minimum absolute atomic E-state index is 0.134. The number of aliphatic hydroxyl groups excluding tert-OH is 4. The number of nitrogens with one attached hydrogen (secondary N) is 1. The first-order valence-electron chi connectivity index (χ1n) is 12.6. The van der Waals surface area contributed by atoms with Crippen LogP contribution in [0.3, 0.4) is 0 Å². The van der Waals surface area contributed by atoms with Gasteiger partial charge in [-0.3, -0.25) is 4.79 Å². The molecule has 192 valence electrons. The van der Waals surface area contributed by atoms with E-state index in [1.54, 1.807) is 6.07 Å². The molecule has 10 unspecified atom stereocenters. The topological polar surface area (TPSA) is 152 Å². The van der Waals surface area contributed by atoms with E-state index in [4.69, 9.17) is 9.47 Å². The number of phenols is 1. The van der Waals surface area contributed by atoms with Crippen LogP contribution in [-0.2, 0) is 21.4 Å². The molecule has 10 heteroatoms. The Morgan fingerprint density at radius 2 is 1.94 bits per heavy atom. The Morgan fingerprint density at radius 1 is 1.17 bits per heavy atom. The smallest absolute Gasteiger partial charge is 0.223 e. The summed E-state index contributed by atoms with van der Waals surface area (Å²) in [5, 5.41) is 53.5. The fourth-order valence-corrected chi connectivity index (χ4v) is 7.68. The molecule has 1 aromatic rings. The first kappa shape index (κ1) is 23.4. The Bertz CT molecular complexity index is 1020. The first-order valence-corrected chi connectivity index (χ1v) is 12.6. The number of carbonyl (C=O) groups excluding carboxylic acids is 1. The molecule has 2 aliphatic carbocycles. The number of hydrogen-bond donors (Lipinski definition) is 6. The lowest BCUT2D eigenvalue weighted by atomic mass is 9.51. The summed E-state index contributed by atoms with van der Waals surface area (Å²) in [5.41, 5.74) is 2.06. The highest BCUT2D eigenvalue weighted by Crippen LogP contribution is 2.63. The van der Waals surface area contributed by atoms with Crippen LogP contribution in [0.5, 0.6) is 11.5 Å². The van der Waals surface area contributed by atoms with Crippen molar-refractivity contribution in [3.05, 3.63) is 23.3 Å². The Morgan fingerprint density at radius 3 is 2.71 bits per heavy atom. The lowest BCUT2D eigenvalue weighted by molar-refractivity contribution is -0.229. The van der Waals surface area contributed by atoms with Crippen LogP contribution in [-0.4, -0.2) is 105 Å². The maximum Gasteiger partial charge on any atom is 0.223 e. The van der Waals surface area contributed by atoms with Crippen molar-refractivity contribution in [2.24, 2.45) is 5.92 Å². The van der Waals surface area contributed by atoms with Gasteiger partial charge in [0.25, 0.3) is 0 Å². The molecule has 10 atom stereocenters. The van der Waals surface area contributed by atoms with Gasteiger partial charge >= 0.3 is 0 Å². The Hall–Kier alpha value is -1.95. The van der Waals surface area contributed by atoms with E-state index in [2.05, 4.69) is 17.3 Å². The molecule has 5 aliphatic rings. The van der Waals surface area contributed by atoms with Gasteiger partial charge in [0.1, 0.15) is 30.5 Å². The lowest BCUT2D eigenvalue weighted by Crippen LogP contribution is -2.68. The van der Waals surface area contributed by atoms with Crippen LogP contribution in [0, 0.1) is 5.92 Å². The standard InChI is InChI=1S/C25H34N2O8/c1-27-7-6-25-12-3-4-13(24(25)35-23-15(29)5-2-11(19(23)25)8-14(12)27)26-18(30)9-16-20(31)22(33)21(32)17(10-28)34-16/h2,5,12-14,16-17,20-22,24,28-29,31-33H,3-4,6-10H2,1H3,(H,26,30). The zero-order valence-corrected chi connectivity index (χ0v) is 19.7. The molecular formula is C25H34N2O8. The molecule has 1 aromatic carbocycles. The highest BCUT2D eigenvalue weighted by molar-refractivity contribution is 5.77. The maximum absolute atomic E-state index is 13.1. The number of nitrogens with zero attached hydrogens (tertiary/aromatic N) is 1.